The Morgan fingerprint density at radius 3 is 2.43 bits per heavy atom. The number of carboxylic acids is 1. The van der Waals surface area contributed by atoms with E-state index in [0.717, 1.165) is 25.7 Å². The molecule has 4 heteroatoms. The zero-order valence-electron chi connectivity index (χ0n) is 12.9. The van der Waals surface area contributed by atoms with E-state index in [1.807, 2.05) is 13.8 Å². The third-order valence-corrected chi connectivity index (χ3v) is 3.47. The summed E-state index contributed by atoms with van der Waals surface area (Å²) in [5.74, 6) is -1.12. The van der Waals surface area contributed by atoms with Crippen LogP contribution in [0.5, 0.6) is 0 Å². The molecular weight excluding hydrogens is 266 g/mol. The summed E-state index contributed by atoms with van der Waals surface area (Å²) in [5.41, 5.74) is 2.42. The molecule has 0 heterocycles. The average molecular weight is 291 g/mol. The van der Waals surface area contributed by atoms with Gasteiger partial charge in [-0.25, -0.2) is 4.79 Å². The van der Waals surface area contributed by atoms with Crippen LogP contribution in [0, 0.1) is 6.92 Å². The molecule has 0 aromatic heterocycles. The molecule has 0 aliphatic carbocycles. The Hall–Kier alpha value is -1.84. The molecule has 0 unspecified atom stereocenters. The summed E-state index contributed by atoms with van der Waals surface area (Å²) >= 11 is 0. The summed E-state index contributed by atoms with van der Waals surface area (Å²) < 4.78 is 0. The summed E-state index contributed by atoms with van der Waals surface area (Å²) in [7, 11) is 0. The lowest BCUT2D eigenvalue weighted by Gasteiger charge is -2.14. The number of aliphatic carboxylic acids is 1. The monoisotopic (exact) mass is 291 g/mol. The van der Waals surface area contributed by atoms with Crippen LogP contribution >= 0.6 is 0 Å². The molecule has 0 spiro atoms. The van der Waals surface area contributed by atoms with Crippen molar-refractivity contribution in [3.8, 4) is 0 Å². The number of hydrogen-bond donors (Lipinski definition) is 2. The SMILES string of the molecule is CCCC[C@H](NC(=O)CCCc1ccc(C)cc1)C(=O)O. The smallest absolute Gasteiger partial charge is 0.326 e. The largest absolute Gasteiger partial charge is 0.480 e. The molecule has 1 aromatic rings. The van der Waals surface area contributed by atoms with Gasteiger partial charge in [0.15, 0.2) is 0 Å². The number of benzene rings is 1. The van der Waals surface area contributed by atoms with Crippen LogP contribution in [0.15, 0.2) is 24.3 Å². The highest BCUT2D eigenvalue weighted by Gasteiger charge is 2.18. The molecule has 116 valence electrons. The molecule has 0 saturated heterocycles. The highest BCUT2D eigenvalue weighted by molar-refractivity contribution is 5.83. The highest BCUT2D eigenvalue weighted by atomic mass is 16.4. The molecule has 2 N–H and O–H groups in total. The van der Waals surface area contributed by atoms with E-state index in [0.29, 0.717) is 12.8 Å². The van der Waals surface area contributed by atoms with Gasteiger partial charge >= 0.3 is 5.97 Å². The second-order valence-corrected chi connectivity index (χ2v) is 5.44. The Kier molecular flexibility index (Phi) is 7.51. The highest BCUT2D eigenvalue weighted by Crippen LogP contribution is 2.08. The number of nitrogens with one attached hydrogen (secondary N) is 1. The van der Waals surface area contributed by atoms with Crippen LogP contribution in [0.25, 0.3) is 0 Å². The molecule has 0 saturated carbocycles. The van der Waals surface area contributed by atoms with Gasteiger partial charge in [0.1, 0.15) is 6.04 Å². The van der Waals surface area contributed by atoms with Crippen LogP contribution in [0.3, 0.4) is 0 Å². The normalized spacial score (nSPS) is 11.9. The fraction of sp³-hybridized carbons (Fsp3) is 0.529. The van der Waals surface area contributed by atoms with Crippen molar-refractivity contribution in [2.24, 2.45) is 0 Å². The van der Waals surface area contributed by atoms with E-state index >= 15 is 0 Å². The van der Waals surface area contributed by atoms with E-state index in [1.165, 1.54) is 11.1 Å². The van der Waals surface area contributed by atoms with Crippen molar-refractivity contribution >= 4 is 11.9 Å². The fourth-order valence-electron chi connectivity index (χ4n) is 2.14. The minimum Gasteiger partial charge on any atom is -0.480 e. The van der Waals surface area contributed by atoms with E-state index in [4.69, 9.17) is 5.11 Å². The van der Waals surface area contributed by atoms with Gasteiger partial charge in [-0.3, -0.25) is 4.79 Å². The third-order valence-electron chi connectivity index (χ3n) is 3.47. The topological polar surface area (TPSA) is 66.4 Å². The van der Waals surface area contributed by atoms with Crippen LogP contribution in [-0.2, 0) is 16.0 Å². The number of carbonyl (C=O) groups excluding carboxylic acids is 1. The minimum absolute atomic E-state index is 0.175. The second kappa shape index (κ2) is 9.16. The van der Waals surface area contributed by atoms with E-state index in [-0.39, 0.29) is 5.91 Å². The van der Waals surface area contributed by atoms with Crippen molar-refractivity contribution in [2.45, 2.75) is 58.4 Å². The van der Waals surface area contributed by atoms with Gasteiger partial charge in [0.25, 0.3) is 0 Å². The molecule has 4 nitrogen and oxygen atoms in total. The number of hydrogen-bond acceptors (Lipinski definition) is 2. The summed E-state index contributed by atoms with van der Waals surface area (Å²) in [6, 6.07) is 7.49. The zero-order valence-corrected chi connectivity index (χ0v) is 12.9. The molecule has 1 amide bonds. The summed E-state index contributed by atoms with van der Waals surface area (Å²) in [6.07, 6.45) is 4.16. The predicted molar refractivity (Wildman–Crippen MR) is 83.2 cm³/mol. The van der Waals surface area contributed by atoms with E-state index in [2.05, 4.69) is 29.6 Å². The first kappa shape index (κ1) is 17.2. The molecule has 0 bridgehead atoms. The quantitative estimate of drug-likeness (QED) is 0.734. The lowest BCUT2D eigenvalue weighted by Crippen LogP contribution is -2.40. The Morgan fingerprint density at radius 1 is 1.19 bits per heavy atom. The third kappa shape index (κ3) is 6.93. The zero-order chi connectivity index (χ0) is 15.7. The number of aryl methyl sites for hydroxylation is 2. The van der Waals surface area contributed by atoms with Crippen LogP contribution in [0.4, 0.5) is 0 Å². The number of carboxylic acid groups (broad SMARTS) is 1. The van der Waals surface area contributed by atoms with Crippen molar-refractivity contribution in [2.75, 3.05) is 0 Å². The summed E-state index contributed by atoms with van der Waals surface area (Å²) in [4.78, 5) is 22.8. The van der Waals surface area contributed by atoms with Crippen LogP contribution in [0.2, 0.25) is 0 Å². The van der Waals surface area contributed by atoms with Crippen molar-refractivity contribution in [1.82, 2.24) is 5.32 Å². The number of unbranched alkanes of at least 4 members (excludes halogenated alkanes) is 1. The molecule has 0 radical (unpaired) electrons. The van der Waals surface area contributed by atoms with Gasteiger partial charge < -0.3 is 10.4 Å². The maximum atomic E-state index is 11.8. The molecule has 1 aromatic carbocycles. The number of carbonyl (C=O) groups is 2. The number of rotatable bonds is 9. The van der Waals surface area contributed by atoms with Gasteiger partial charge in [-0.2, -0.15) is 0 Å². The van der Waals surface area contributed by atoms with E-state index in [1.54, 1.807) is 0 Å². The second-order valence-electron chi connectivity index (χ2n) is 5.44. The Bertz CT molecular complexity index is 454. The average Bonchev–Trinajstić information content (AvgIpc) is 2.45. The fourth-order valence-corrected chi connectivity index (χ4v) is 2.14. The molecule has 1 atom stereocenters. The van der Waals surface area contributed by atoms with Crippen molar-refractivity contribution < 1.29 is 14.7 Å². The first-order valence-electron chi connectivity index (χ1n) is 7.60. The van der Waals surface area contributed by atoms with Gasteiger partial charge in [-0.15, -0.1) is 0 Å². The van der Waals surface area contributed by atoms with Gasteiger partial charge in [0.05, 0.1) is 0 Å². The Morgan fingerprint density at radius 2 is 1.86 bits per heavy atom. The molecule has 0 aliphatic rings. The lowest BCUT2D eigenvalue weighted by molar-refractivity contribution is -0.142. The first-order valence-corrected chi connectivity index (χ1v) is 7.60. The van der Waals surface area contributed by atoms with Crippen molar-refractivity contribution in [3.63, 3.8) is 0 Å². The van der Waals surface area contributed by atoms with Gasteiger partial charge in [0.2, 0.25) is 5.91 Å². The standard InChI is InChI=1S/C17H25NO3/c1-3-4-7-15(17(20)21)18-16(19)8-5-6-14-11-9-13(2)10-12-14/h9-12,15H,3-8H2,1-2H3,(H,18,19)(H,20,21)/t15-/m0/s1. The molecule has 1 rings (SSSR count). The lowest BCUT2D eigenvalue weighted by atomic mass is 10.1. The van der Waals surface area contributed by atoms with Crippen molar-refractivity contribution in [1.29, 1.82) is 0 Å². The van der Waals surface area contributed by atoms with Crippen molar-refractivity contribution in [3.05, 3.63) is 35.4 Å². The van der Waals surface area contributed by atoms with Crippen LogP contribution < -0.4 is 5.32 Å². The summed E-state index contributed by atoms with van der Waals surface area (Å²) in [5, 5.41) is 11.7. The van der Waals surface area contributed by atoms with E-state index < -0.39 is 12.0 Å². The first-order chi connectivity index (χ1) is 10.0. The molecule has 0 fully saturated rings. The van der Waals surface area contributed by atoms with Crippen LogP contribution in [0.1, 0.15) is 50.2 Å². The summed E-state index contributed by atoms with van der Waals surface area (Å²) in [6.45, 7) is 4.04. The minimum atomic E-state index is -0.949. The molecule has 0 aliphatic heterocycles. The maximum absolute atomic E-state index is 11.8. The molecule has 21 heavy (non-hydrogen) atoms. The van der Waals surface area contributed by atoms with Gasteiger partial charge in [0, 0.05) is 6.42 Å². The Labute approximate surface area is 126 Å². The van der Waals surface area contributed by atoms with Gasteiger partial charge in [-0.1, -0.05) is 49.6 Å². The number of amides is 1. The molecular formula is C17H25NO3. The Balaban J connectivity index is 2.32. The van der Waals surface area contributed by atoms with Crippen LogP contribution in [-0.4, -0.2) is 23.0 Å². The van der Waals surface area contributed by atoms with E-state index in [9.17, 15) is 9.59 Å². The van der Waals surface area contributed by atoms with Gasteiger partial charge in [-0.05, 0) is 31.7 Å². The maximum Gasteiger partial charge on any atom is 0.326 e. The predicted octanol–water partition coefficient (Wildman–Crippen LogP) is 3.08.